The Bertz CT molecular complexity index is 452. The van der Waals surface area contributed by atoms with Gasteiger partial charge in [-0.15, -0.1) is 0 Å². The van der Waals surface area contributed by atoms with Gasteiger partial charge >= 0.3 is 0 Å². The zero-order valence-electron chi connectivity index (χ0n) is 12.7. The molecule has 3 nitrogen and oxygen atoms in total. The summed E-state index contributed by atoms with van der Waals surface area (Å²) in [6.45, 7) is 5.38. The van der Waals surface area contributed by atoms with E-state index in [-0.39, 0.29) is 0 Å². The number of benzene rings is 1. The van der Waals surface area contributed by atoms with Crippen molar-refractivity contribution in [3.63, 3.8) is 0 Å². The second-order valence-corrected chi connectivity index (χ2v) is 6.10. The van der Waals surface area contributed by atoms with Gasteiger partial charge in [0.2, 0.25) is 0 Å². The van der Waals surface area contributed by atoms with Gasteiger partial charge in [0.15, 0.2) is 0 Å². The van der Waals surface area contributed by atoms with Gasteiger partial charge < -0.3 is 10.1 Å². The first-order valence-corrected chi connectivity index (χ1v) is 7.93. The highest BCUT2D eigenvalue weighted by molar-refractivity contribution is 5.37. The lowest BCUT2D eigenvalue weighted by molar-refractivity contribution is 0.264. The highest BCUT2D eigenvalue weighted by Gasteiger charge is 2.28. The van der Waals surface area contributed by atoms with Gasteiger partial charge in [0.1, 0.15) is 5.75 Å². The molecule has 0 unspecified atom stereocenters. The van der Waals surface area contributed by atoms with Crippen molar-refractivity contribution in [2.24, 2.45) is 0 Å². The smallest absolute Gasteiger partial charge is 0.123 e. The largest absolute Gasteiger partial charge is 0.496 e. The lowest BCUT2D eigenvalue weighted by Gasteiger charge is -2.21. The quantitative estimate of drug-likeness (QED) is 0.789. The van der Waals surface area contributed by atoms with Crippen LogP contribution in [-0.2, 0) is 13.1 Å². The molecule has 1 N–H and O–H groups in total. The summed E-state index contributed by atoms with van der Waals surface area (Å²) in [5.41, 5.74) is 2.70. The molecule has 1 aromatic carbocycles. The van der Waals surface area contributed by atoms with E-state index in [4.69, 9.17) is 4.74 Å². The fraction of sp³-hybridized carbons (Fsp3) is 0.647. The van der Waals surface area contributed by atoms with Gasteiger partial charge in [-0.05, 0) is 49.9 Å². The zero-order valence-corrected chi connectivity index (χ0v) is 12.7. The third kappa shape index (κ3) is 3.53. The maximum absolute atomic E-state index is 5.54. The Hall–Kier alpha value is -1.06. The van der Waals surface area contributed by atoms with Crippen LogP contribution in [-0.4, -0.2) is 30.6 Å². The van der Waals surface area contributed by atoms with Crippen molar-refractivity contribution in [2.75, 3.05) is 13.7 Å². The molecule has 3 heteroatoms. The van der Waals surface area contributed by atoms with Crippen LogP contribution in [0.3, 0.4) is 0 Å². The number of hydrogen-bond acceptors (Lipinski definition) is 3. The summed E-state index contributed by atoms with van der Waals surface area (Å²) in [5, 5.41) is 3.59. The molecule has 0 bridgehead atoms. The molecule has 0 aliphatic heterocycles. The van der Waals surface area contributed by atoms with Crippen LogP contribution in [0.15, 0.2) is 18.2 Å². The minimum absolute atomic E-state index is 0.763. The molecule has 2 aliphatic carbocycles. The summed E-state index contributed by atoms with van der Waals surface area (Å²) in [6.07, 6.45) is 5.40. The van der Waals surface area contributed by atoms with E-state index in [1.807, 2.05) is 0 Å². The molecular weight excluding hydrogens is 248 g/mol. The highest BCUT2D eigenvalue weighted by Crippen LogP contribution is 2.30. The van der Waals surface area contributed by atoms with Gasteiger partial charge in [-0.3, -0.25) is 4.90 Å². The second-order valence-electron chi connectivity index (χ2n) is 6.10. The Labute approximate surface area is 122 Å². The average molecular weight is 274 g/mol. The lowest BCUT2D eigenvalue weighted by Crippen LogP contribution is -2.25. The standard InChI is InChI=1S/C17H26N2O/c1-3-19(16-7-8-16)12-14-10-13(4-9-17(14)20-2)11-18-15-5-6-15/h4,9-10,15-16,18H,3,5-8,11-12H2,1-2H3. The molecule has 2 saturated carbocycles. The number of hydrogen-bond donors (Lipinski definition) is 1. The van der Waals surface area contributed by atoms with Crippen molar-refractivity contribution >= 4 is 0 Å². The third-order valence-electron chi connectivity index (χ3n) is 4.36. The normalized spacial score (nSPS) is 18.6. The number of methoxy groups -OCH3 is 1. The molecule has 0 spiro atoms. The van der Waals surface area contributed by atoms with Crippen molar-refractivity contribution in [1.82, 2.24) is 10.2 Å². The molecule has 1 aromatic rings. The fourth-order valence-electron chi connectivity index (χ4n) is 2.77. The van der Waals surface area contributed by atoms with Crippen LogP contribution in [0.5, 0.6) is 5.75 Å². The number of nitrogens with zero attached hydrogens (tertiary/aromatic N) is 1. The number of nitrogens with one attached hydrogen (secondary N) is 1. The van der Waals surface area contributed by atoms with Gasteiger partial charge in [-0.1, -0.05) is 13.0 Å². The average Bonchev–Trinajstić information content (AvgIpc) is 3.36. The second kappa shape index (κ2) is 6.15. The molecule has 3 rings (SSSR count). The fourth-order valence-corrected chi connectivity index (χ4v) is 2.77. The van der Waals surface area contributed by atoms with Gasteiger partial charge in [0, 0.05) is 30.7 Å². The molecular formula is C17H26N2O. The first-order valence-electron chi connectivity index (χ1n) is 7.93. The van der Waals surface area contributed by atoms with Crippen LogP contribution in [0.4, 0.5) is 0 Å². The number of rotatable bonds is 8. The third-order valence-corrected chi connectivity index (χ3v) is 4.36. The summed E-state index contributed by atoms with van der Waals surface area (Å²) < 4.78 is 5.54. The molecule has 2 aliphatic rings. The van der Waals surface area contributed by atoms with E-state index < -0.39 is 0 Å². The molecule has 2 fully saturated rings. The summed E-state index contributed by atoms with van der Waals surface area (Å²) in [7, 11) is 1.77. The lowest BCUT2D eigenvalue weighted by atomic mass is 10.1. The molecule has 0 saturated heterocycles. The predicted octanol–water partition coefficient (Wildman–Crippen LogP) is 2.93. The summed E-state index contributed by atoms with van der Waals surface area (Å²) in [5.74, 6) is 1.03. The van der Waals surface area contributed by atoms with Crippen molar-refractivity contribution in [1.29, 1.82) is 0 Å². The summed E-state index contributed by atoms with van der Waals surface area (Å²) >= 11 is 0. The zero-order chi connectivity index (χ0) is 13.9. The van der Waals surface area contributed by atoms with Gasteiger partial charge in [-0.25, -0.2) is 0 Å². The maximum Gasteiger partial charge on any atom is 0.123 e. The van der Waals surface area contributed by atoms with Crippen LogP contribution < -0.4 is 10.1 Å². The van der Waals surface area contributed by atoms with Gasteiger partial charge in [0.25, 0.3) is 0 Å². The van der Waals surface area contributed by atoms with E-state index in [0.29, 0.717) is 0 Å². The van der Waals surface area contributed by atoms with Crippen molar-refractivity contribution in [3.8, 4) is 5.75 Å². The molecule has 20 heavy (non-hydrogen) atoms. The summed E-state index contributed by atoms with van der Waals surface area (Å²) in [4.78, 5) is 2.57. The van der Waals surface area contributed by atoms with E-state index in [9.17, 15) is 0 Å². The monoisotopic (exact) mass is 274 g/mol. The highest BCUT2D eigenvalue weighted by atomic mass is 16.5. The van der Waals surface area contributed by atoms with E-state index >= 15 is 0 Å². The molecule has 110 valence electrons. The first kappa shape index (κ1) is 13.9. The Kier molecular flexibility index (Phi) is 4.27. The molecule has 0 aromatic heterocycles. The Balaban J connectivity index is 1.69. The predicted molar refractivity (Wildman–Crippen MR) is 82.0 cm³/mol. The first-order chi connectivity index (χ1) is 9.80. The molecule has 0 atom stereocenters. The van der Waals surface area contributed by atoms with Crippen molar-refractivity contribution in [2.45, 2.75) is 57.8 Å². The minimum Gasteiger partial charge on any atom is -0.496 e. The van der Waals surface area contributed by atoms with Crippen LogP contribution in [0, 0.1) is 0 Å². The van der Waals surface area contributed by atoms with E-state index in [0.717, 1.165) is 37.5 Å². The Morgan fingerprint density at radius 3 is 2.65 bits per heavy atom. The van der Waals surface area contributed by atoms with Crippen LogP contribution in [0.2, 0.25) is 0 Å². The van der Waals surface area contributed by atoms with Crippen molar-refractivity contribution in [3.05, 3.63) is 29.3 Å². The van der Waals surface area contributed by atoms with E-state index in [1.54, 1.807) is 7.11 Å². The van der Waals surface area contributed by atoms with Crippen LogP contribution in [0.1, 0.15) is 43.7 Å². The van der Waals surface area contributed by atoms with Gasteiger partial charge in [0.05, 0.1) is 7.11 Å². The maximum atomic E-state index is 5.54. The topological polar surface area (TPSA) is 24.5 Å². The van der Waals surface area contributed by atoms with Crippen LogP contribution in [0.25, 0.3) is 0 Å². The summed E-state index contributed by atoms with van der Waals surface area (Å²) in [6, 6.07) is 8.20. The molecule has 0 radical (unpaired) electrons. The molecule has 0 heterocycles. The Morgan fingerprint density at radius 1 is 1.25 bits per heavy atom. The van der Waals surface area contributed by atoms with E-state index in [1.165, 1.54) is 36.8 Å². The minimum atomic E-state index is 0.763. The van der Waals surface area contributed by atoms with E-state index in [2.05, 4.69) is 35.3 Å². The SMILES string of the molecule is CCN(Cc1cc(CNC2CC2)ccc1OC)C1CC1. The van der Waals surface area contributed by atoms with Gasteiger partial charge in [-0.2, -0.15) is 0 Å². The molecule has 0 amide bonds. The van der Waals surface area contributed by atoms with Crippen molar-refractivity contribution < 1.29 is 4.74 Å². The Morgan fingerprint density at radius 2 is 2.05 bits per heavy atom. The van der Waals surface area contributed by atoms with Crippen LogP contribution >= 0.6 is 0 Å². The number of ether oxygens (including phenoxy) is 1.